The minimum atomic E-state index is 0.262. The third-order valence-electron chi connectivity index (χ3n) is 1.91. The van der Waals surface area contributed by atoms with Gasteiger partial charge in [0.15, 0.2) is 0 Å². The summed E-state index contributed by atoms with van der Waals surface area (Å²) >= 11 is 0. The third-order valence-corrected chi connectivity index (χ3v) is 1.91. The van der Waals surface area contributed by atoms with Gasteiger partial charge in [-0.1, -0.05) is 6.08 Å². The highest BCUT2D eigenvalue weighted by atomic mass is 16.3. The molecule has 1 aliphatic carbocycles. The normalized spacial score (nSPS) is 20.5. The van der Waals surface area contributed by atoms with Gasteiger partial charge < -0.3 is 10.4 Å². The predicted molar refractivity (Wildman–Crippen MR) is 41.8 cm³/mol. The van der Waals surface area contributed by atoms with E-state index in [0.717, 1.165) is 12.5 Å². The van der Waals surface area contributed by atoms with E-state index in [1.807, 2.05) is 6.08 Å². The van der Waals surface area contributed by atoms with Crippen molar-refractivity contribution >= 4 is 0 Å². The number of aliphatic hydroxyl groups excluding tert-OH is 1. The van der Waals surface area contributed by atoms with E-state index in [-0.39, 0.29) is 6.61 Å². The van der Waals surface area contributed by atoms with Crippen LogP contribution in [0, 0.1) is 5.92 Å². The number of hydrogen-bond acceptors (Lipinski definition) is 2. The zero-order valence-corrected chi connectivity index (χ0v) is 6.21. The van der Waals surface area contributed by atoms with Crippen LogP contribution in [-0.4, -0.2) is 24.3 Å². The van der Waals surface area contributed by atoms with E-state index >= 15 is 0 Å². The van der Waals surface area contributed by atoms with Gasteiger partial charge in [0.2, 0.25) is 0 Å². The maximum atomic E-state index is 8.87. The van der Waals surface area contributed by atoms with Gasteiger partial charge in [-0.25, -0.2) is 0 Å². The van der Waals surface area contributed by atoms with Crippen molar-refractivity contribution in [3.05, 3.63) is 12.7 Å². The average Bonchev–Trinajstić information content (AvgIpc) is 2.73. The van der Waals surface area contributed by atoms with E-state index in [1.165, 1.54) is 12.8 Å². The number of hydrogen-bond donors (Lipinski definition) is 2. The van der Waals surface area contributed by atoms with Crippen molar-refractivity contribution in [3.63, 3.8) is 0 Å². The number of nitrogens with one attached hydrogen (secondary N) is 1. The van der Waals surface area contributed by atoms with Crippen LogP contribution in [0.15, 0.2) is 12.7 Å². The topological polar surface area (TPSA) is 32.3 Å². The van der Waals surface area contributed by atoms with Gasteiger partial charge >= 0.3 is 0 Å². The molecule has 0 aromatic carbocycles. The highest BCUT2D eigenvalue weighted by molar-refractivity contribution is 4.87. The Morgan fingerprint density at radius 1 is 1.70 bits per heavy atom. The SMILES string of the molecule is C=CCNC(CO)C1CC1. The maximum Gasteiger partial charge on any atom is 0.0587 e. The minimum Gasteiger partial charge on any atom is -0.395 e. The molecule has 2 nitrogen and oxygen atoms in total. The van der Waals surface area contributed by atoms with E-state index in [9.17, 15) is 0 Å². The van der Waals surface area contributed by atoms with Crippen LogP contribution < -0.4 is 5.32 Å². The molecular weight excluding hydrogens is 126 g/mol. The first kappa shape index (κ1) is 7.76. The zero-order chi connectivity index (χ0) is 7.40. The molecule has 0 radical (unpaired) electrons. The largest absolute Gasteiger partial charge is 0.395 e. The van der Waals surface area contributed by atoms with Crippen molar-refractivity contribution in [3.8, 4) is 0 Å². The summed E-state index contributed by atoms with van der Waals surface area (Å²) in [5.74, 6) is 0.727. The first-order chi connectivity index (χ1) is 4.88. The second-order valence-corrected chi connectivity index (χ2v) is 2.82. The number of rotatable bonds is 5. The standard InChI is InChI=1S/C8H15NO/c1-2-5-9-8(6-10)7-3-4-7/h2,7-10H,1,3-6H2. The lowest BCUT2D eigenvalue weighted by molar-refractivity contribution is 0.232. The summed E-state index contributed by atoms with van der Waals surface area (Å²) in [7, 11) is 0. The molecular formula is C8H15NO. The van der Waals surface area contributed by atoms with Crippen LogP contribution in [0.4, 0.5) is 0 Å². The van der Waals surface area contributed by atoms with Crippen LogP contribution in [0.5, 0.6) is 0 Å². The van der Waals surface area contributed by atoms with Crippen molar-refractivity contribution in [2.24, 2.45) is 5.92 Å². The molecule has 1 fully saturated rings. The third kappa shape index (κ3) is 2.12. The van der Waals surface area contributed by atoms with Crippen molar-refractivity contribution in [1.29, 1.82) is 0 Å². The van der Waals surface area contributed by atoms with Crippen molar-refractivity contribution in [1.82, 2.24) is 5.32 Å². The molecule has 1 aliphatic rings. The zero-order valence-electron chi connectivity index (χ0n) is 6.21. The molecule has 58 valence electrons. The molecule has 0 saturated heterocycles. The summed E-state index contributed by atoms with van der Waals surface area (Å²) in [5.41, 5.74) is 0. The van der Waals surface area contributed by atoms with E-state index in [1.54, 1.807) is 0 Å². The molecule has 1 rings (SSSR count). The monoisotopic (exact) mass is 141 g/mol. The van der Waals surface area contributed by atoms with E-state index in [0.29, 0.717) is 6.04 Å². The van der Waals surface area contributed by atoms with Gasteiger partial charge in [-0.05, 0) is 18.8 Å². The molecule has 0 heterocycles. The first-order valence-corrected chi connectivity index (χ1v) is 3.83. The van der Waals surface area contributed by atoms with Crippen LogP contribution in [0.2, 0.25) is 0 Å². The Morgan fingerprint density at radius 3 is 2.80 bits per heavy atom. The summed E-state index contributed by atoms with van der Waals surface area (Å²) in [5, 5.41) is 12.1. The molecule has 1 unspecified atom stereocenters. The van der Waals surface area contributed by atoms with Crippen LogP contribution >= 0.6 is 0 Å². The fourth-order valence-electron chi connectivity index (χ4n) is 1.11. The molecule has 2 N–H and O–H groups in total. The second-order valence-electron chi connectivity index (χ2n) is 2.82. The first-order valence-electron chi connectivity index (χ1n) is 3.83. The Kier molecular flexibility index (Phi) is 2.90. The fraction of sp³-hybridized carbons (Fsp3) is 0.750. The quantitative estimate of drug-likeness (QED) is 0.547. The second kappa shape index (κ2) is 3.74. The van der Waals surface area contributed by atoms with Crippen LogP contribution in [0.25, 0.3) is 0 Å². The summed E-state index contributed by atoms with van der Waals surface area (Å²) < 4.78 is 0. The molecule has 0 amide bonds. The summed E-state index contributed by atoms with van der Waals surface area (Å²) in [6, 6.07) is 0.318. The highest BCUT2D eigenvalue weighted by Crippen LogP contribution is 2.32. The molecule has 1 saturated carbocycles. The Labute approximate surface area is 61.9 Å². The van der Waals surface area contributed by atoms with Gasteiger partial charge in [-0.3, -0.25) is 0 Å². The van der Waals surface area contributed by atoms with Crippen LogP contribution in [0.3, 0.4) is 0 Å². The summed E-state index contributed by atoms with van der Waals surface area (Å²) in [6.45, 7) is 4.67. The molecule has 1 atom stereocenters. The van der Waals surface area contributed by atoms with Gasteiger partial charge in [-0.15, -0.1) is 6.58 Å². The Hall–Kier alpha value is -0.340. The lowest BCUT2D eigenvalue weighted by atomic mass is 10.2. The van der Waals surface area contributed by atoms with Gasteiger partial charge in [0.1, 0.15) is 0 Å². The lowest BCUT2D eigenvalue weighted by Gasteiger charge is -2.12. The molecule has 0 bridgehead atoms. The van der Waals surface area contributed by atoms with E-state index < -0.39 is 0 Å². The van der Waals surface area contributed by atoms with Crippen molar-refractivity contribution in [2.45, 2.75) is 18.9 Å². The number of aliphatic hydroxyl groups is 1. The molecule has 2 heteroatoms. The summed E-state index contributed by atoms with van der Waals surface area (Å²) in [4.78, 5) is 0. The Bertz CT molecular complexity index is 110. The summed E-state index contributed by atoms with van der Waals surface area (Å²) in [6.07, 6.45) is 4.37. The van der Waals surface area contributed by atoms with Crippen molar-refractivity contribution < 1.29 is 5.11 Å². The predicted octanol–water partition coefficient (Wildman–Crippen LogP) is 0.533. The van der Waals surface area contributed by atoms with Crippen molar-refractivity contribution in [2.75, 3.05) is 13.2 Å². The van der Waals surface area contributed by atoms with Crippen LogP contribution in [-0.2, 0) is 0 Å². The highest BCUT2D eigenvalue weighted by Gasteiger charge is 2.29. The average molecular weight is 141 g/mol. The molecule has 0 aromatic heterocycles. The van der Waals surface area contributed by atoms with Gasteiger partial charge in [0.05, 0.1) is 6.61 Å². The Balaban J connectivity index is 2.12. The van der Waals surface area contributed by atoms with Gasteiger partial charge in [0.25, 0.3) is 0 Å². The lowest BCUT2D eigenvalue weighted by Crippen LogP contribution is -2.34. The maximum absolute atomic E-state index is 8.87. The van der Waals surface area contributed by atoms with E-state index in [2.05, 4.69) is 11.9 Å². The molecule has 0 aromatic rings. The van der Waals surface area contributed by atoms with Gasteiger partial charge in [0, 0.05) is 12.6 Å². The fourth-order valence-corrected chi connectivity index (χ4v) is 1.11. The minimum absolute atomic E-state index is 0.262. The smallest absolute Gasteiger partial charge is 0.0587 e. The molecule has 0 aliphatic heterocycles. The molecule has 0 spiro atoms. The molecule has 10 heavy (non-hydrogen) atoms. The van der Waals surface area contributed by atoms with Crippen LogP contribution in [0.1, 0.15) is 12.8 Å². The Morgan fingerprint density at radius 2 is 2.40 bits per heavy atom. The van der Waals surface area contributed by atoms with E-state index in [4.69, 9.17) is 5.11 Å². The van der Waals surface area contributed by atoms with Gasteiger partial charge in [-0.2, -0.15) is 0 Å².